The molecule has 0 atom stereocenters. The predicted octanol–water partition coefficient (Wildman–Crippen LogP) is -0.949. The second-order valence-corrected chi connectivity index (χ2v) is 2.27. The molecular weight excluding hydrogens is 172 g/mol. The van der Waals surface area contributed by atoms with E-state index in [1.165, 1.54) is 7.11 Å². The van der Waals surface area contributed by atoms with Gasteiger partial charge in [0.2, 0.25) is 5.91 Å². The summed E-state index contributed by atoms with van der Waals surface area (Å²) in [7, 11) is 1.27. The number of ether oxygens (including phenoxy) is 1. The smallest absolute Gasteiger partial charge is 0.325 e. The van der Waals surface area contributed by atoms with Gasteiger partial charge in [-0.15, -0.1) is 6.58 Å². The fraction of sp³-hybridized carbons (Fsp3) is 0.500. The molecule has 0 aliphatic rings. The molecule has 1 amide bonds. The van der Waals surface area contributed by atoms with Crippen LogP contribution in [-0.2, 0) is 14.3 Å². The van der Waals surface area contributed by atoms with Crippen LogP contribution in [0.1, 0.15) is 0 Å². The van der Waals surface area contributed by atoms with Gasteiger partial charge in [0, 0.05) is 6.54 Å². The summed E-state index contributed by atoms with van der Waals surface area (Å²) in [5, 5.41) is 5.18. The summed E-state index contributed by atoms with van der Waals surface area (Å²) in [5.74, 6) is -0.704. The number of methoxy groups -OCH3 is 1. The first-order chi connectivity index (χ1) is 6.20. The van der Waals surface area contributed by atoms with Gasteiger partial charge < -0.3 is 15.4 Å². The highest BCUT2D eigenvalue weighted by molar-refractivity contribution is 5.83. The van der Waals surface area contributed by atoms with Gasteiger partial charge in [-0.25, -0.2) is 0 Å². The molecule has 0 radical (unpaired) electrons. The number of amides is 1. The van der Waals surface area contributed by atoms with Gasteiger partial charge in [0.25, 0.3) is 0 Å². The molecule has 13 heavy (non-hydrogen) atoms. The van der Waals surface area contributed by atoms with Crippen LogP contribution in [0.2, 0.25) is 0 Å². The first-order valence-corrected chi connectivity index (χ1v) is 3.85. The van der Waals surface area contributed by atoms with E-state index in [0.717, 1.165) is 0 Å². The minimum Gasteiger partial charge on any atom is -0.468 e. The summed E-state index contributed by atoms with van der Waals surface area (Å²) in [6.45, 7) is 4.12. The Labute approximate surface area is 77.1 Å². The molecule has 0 fully saturated rings. The fourth-order valence-electron chi connectivity index (χ4n) is 0.593. The Bertz CT molecular complexity index is 192. The molecule has 5 heteroatoms. The third kappa shape index (κ3) is 7.02. The Kier molecular flexibility index (Phi) is 6.53. The van der Waals surface area contributed by atoms with Crippen LogP contribution in [0.15, 0.2) is 12.7 Å². The molecule has 0 spiro atoms. The van der Waals surface area contributed by atoms with E-state index in [4.69, 9.17) is 0 Å². The number of hydrogen-bond donors (Lipinski definition) is 2. The Morgan fingerprint density at radius 2 is 2.15 bits per heavy atom. The maximum Gasteiger partial charge on any atom is 0.325 e. The Morgan fingerprint density at radius 3 is 2.69 bits per heavy atom. The lowest BCUT2D eigenvalue weighted by atomic mass is 10.5. The molecule has 0 aromatic rings. The van der Waals surface area contributed by atoms with Crippen LogP contribution < -0.4 is 10.6 Å². The molecule has 0 aliphatic carbocycles. The molecule has 0 rings (SSSR count). The molecular formula is C8H14N2O3. The molecule has 0 saturated carbocycles. The summed E-state index contributed by atoms with van der Waals surface area (Å²) in [6.07, 6.45) is 1.65. The van der Waals surface area contributed by atoms with Crippen LogP contribution >= 0.6 is 0 Å². The van der Waals surface area contributed by atoms with Crippen LogP contribution in [0, 0.1) is 0 Å². The van der Waals surface area contributed by atoms with Crippen LogP contribution in [0.3, 0.4) is 0 Å². The first-order valence-electron chi connectivity index (χ1n) is 3.85. The number of esters is 1. The summed E-state index contributed by atoms with van der Waals surface area (Å²) >= 11 is 0. The van der Waals surface area contributed by atoms with Crippen LogP contribution in [0.25, 0.3) is 0 Å². The fourth-order valence-corrected chi connectivity index (χ4v) is 0.593. The molecule has 0 saturated heterocycles. The summed E-state index contributed by atoms with van der Waals surface area (Å²) in [6, 6.07) is 0. The van der Waals surface area contributed by atoms with Gasteiger partial charge in [0.15, 0.2) is 0 Å². The van der Waals surface area contributed by atoms with Crippen LogP contribution in [-0.4, -0.2) is 38.6 Å². The molecule has 0 aromatic carbocycles. The van der Waals surface area contributed by atoms with Crippen molar-refractivity contribution in [2.24, 2.45) is 0 Å². The predicted molar refractivity (Wildman–Crippen MR) is 48.1 cm³/mol. The number of carbonyl (C=O) groups is 2. The van der Waals surface area contributed by atoms with Crippen molar-refractivity contribution in [2.75, 3.05) is 26.7 Å². The lowest BCUT2D eigenvalue weighted by molar-refractivity contribution is -0.141. The highest BCUT2D eigenvalue weighted by Gasteiger charge is 2.03. The van der Waals surface area contributed by atoms with E-state index in [-0.39, 0.29) is 19.0 Å². The van der Waals surface area contributed by atoms with Crippen molar-refractivity contribution in [3.63, 3.8) is 0 Å². The topological polar surface area (TPSA) is 67.4 Å². The van der Waals surface area contributed by atoms with Gasteiger partial charge in [-0.3, -0.25) is 9.59 Å². The monoisotopic (exact) mass is 186 g/mol. The van der Waals surface area contributed by atoms with Gasteiger partial charge >= 0.3 is 5.97 Å². The lowest BCUT2D eigenvalue weighted by Crippen LogP contribution is -2.37. The molecule has 0 aromatic heterocycles. The number of rotatable bonds is 6. The van der Waals surface area contributed by atoms with Crippen molar-refractivity contribution in [1.82, 2.24) is 10.6 Å². The molecule has 0 aliphatic heterocycles. The summed E-state index contributed by atoms with van der Waals surface area (Å²) in [4.78, 5) is 21.5. The van der Waals surface area contributed by atoms with Crippen molar-refractivity contribution in [3.05, 3.63) is 12.7 Å². The van der Waals surface area contributed by atoms with Crippen molar-refractivity contribution in [3.8, 4) is 0 Å². The maximum atomic E-state index is 10.9. The average molecular weight is 186 g/mol. The number of hydrogen-bond acceptors (Lipinski definition) is 4. The third-order valence-corrected chi connectivity index (χ3v) is 1.23. The zero-order valence-electron chi connectivity index (χ0n) is 7.63. The van der Waals surface area contributed by atoms with E-state index in [9.17, 15) is 9.59 Å². The van der Waals surface area contributed by atoms with Crippen LogP contribution in [0.4, 0.5) is 0 Å². The van der Waals surface area contributed by atoms with E-state index in [1.807, 2.05) is 0 Å². The van der Waals surface area contributed by atoms with Gasteiger partial charge in [0.05, 0.1) is 13.7 Å². The molecule has 5 nitrogen and oxygen atoms in total. The third-order valence-electron chi connectivity index (χ3n) is 1.23. The minimum absolute atomic E-state index is 0.0922. The van der Waals surface area contributed by atoms with Crippen molar-refractivity contribution in [1.29, 1.82) is 0 Å². The molecule has 0 heterocycles. The Morgan fingerprint density at radius 1 is 1.46 bits per heavy atom. The van der Waals surface area contributed by atoms with Gasteiger partial charge in [0.1, 0.15) is 6.54 Å². The van der Waals surface area contributed by atoms with Gasteiger partial charge in [-0.1, -0.05) is 6.08 Å². The van der Waals surface area contributed by atoms with E-state index in [0.29, 0.717) is 6.54 Å². The van der Waals surface area contributed by atoms with Crippen molar-refractivity contribution < 1.29 is 14.3 Å². The van der Waals surface area contributed by atoms with Gasteiger partial charge in [-0.2, -0.15) is 0 Å². The van der Waals surface area contributed by atoms with E-state index < -0.39 is 5.97 Å². The maximum absolute atomic E-state index is 10.9. The first kappa shape index (κ1) is 11.6. The zero-order chi connectivity index (χ0) is 10.1. The normalized spacial score (nSPS) is 9.00. The Hall–Kier alpha value is -1.36. The minimum atomic E-state index is -0.461. The van der Waals surface area contributed by atoms with Crippen LogP contribution in [0.5, 0.6) is 0 Å². The second-order valence-electron chi connectivity index (χ2n) is 2.27. The van der Waals surface area contributed by atoms with Gasteiger partial charge in [-0.05, 0) is 0 Å². The molecule has 0 bridgehead atoms. The molecule has 2 N–H and O–H groups in total. The Balaban J connectivity index is 3.40. The zero-order valence-corrected chi connectivity index (χ0v) is 7.63. The molecule has 0 unspecified atom stereocenters. The highest BCUT2D eigenvalue weighted by Crippen LogP contribution is 1.70. The summed E-state index contributed by atoms with van der Waals surface area (Å²) < 4.78 is 4.34. The largest absolute Gasteiger partial charge is 0.468 e. The lowest BCUT2D eigenvalue weighted by Gasteiger charge is -2.03. The van der Waals surface area contributed by atoms with E-state index >= 15 is 0 Å². The highest BCUT2D eigenvalue weighted by atomic mass is 16.5. The standard InChI is InChI=1S/C8H14N2O3/c1-3-4-9-5-7(11)10-6-8(12)13-2/h3,9H,1,4-6H2,2H3,(H,10,11). The molecule has 74 valence electrons. The summed E-state index contributed by atoms with van der Waals surface area (Å²) in [5.41, 5.74) is 0. The average Bonchev–Trinajstić information content (AvgIpc) is 2.14. The van der Waals surface area contributed by atoms with Crippen molar-refractivity contribution >= 4 is 11.9 Å². The van der Waals surface area contributed by atoms with E-state index in [1.54, 1.807) is 6.08 Å². The second kappa shape index (κ2) is 7.30. The number of carbonyl (C=O) groups excluding carboxylic acids is 2. The van der Waals surface area contributed by atoms with E-state index in [2.05, 4.69) is 21.9 Å². The SMILES string of the molecule is C=CCNCC(=O)NCC(=O)OC. The quantitative estimate of drug-likeness (QED) is 0.319. The number of nitrogens with one attached hydrogen (secondary N) is 2. The van der Waals surface area contributed by atoms with Crippen molar-refractivity contribution in [2.45, 2.75) is 0 Å².